The molecular weight excluding hydrogens is 269 g/mol. The molecule has 106 valence electrons. The Morgan fingerprint density at radius 2 is 1.81 bits per heavy atom. The van der Waals surface area contributed by atoms with Crippen LogP contribution in [0.15, 0.2) is 54.9 Å². The van der Waals surface area contributed by atoms with Gasteiger partial charge in [-0.2, -0.15) is 0 Å². The number of para-hydroxylation sites is 1. The third-order valence-electron chi connectivity index (χ3n) is 3.27. The van der Waals surface area contributed by atoms with Gasteiger partial charge in [0.15, 0.2) is 0 Å². The Morgan fingerprint density at radius 3 is 2.67 bits per heavy atom. The standard InChI is InChI=1S/C16H14FN3O/c17-13-7-3-1-5-11(13)15(21)9-18-16-12-6-2-4-8-14(12)19-10-20-16/h1-8,10,15,21H,9H2,(H,18,19,20)/t15-/m0/s1. The van der Waals surface area contributed by atoms with E-state index in [1.54, 1.807) is 18.2 Å². The van der Waals surface area contributed by atoms with Crippen LogP contribution in [0.4, 0.5) is 10.2 Å². The fraction of sp³-hybridized carbons (Fsp3) is 0.125. The van der Waals surface area contributed by atoms with Crippen molar-refractivity contribution in [3.63, 3.8) is 0 Å². The topological polar surface area (TPSA) is 58.0 Å². The van der Waals surface area contributed by atoms with Crippen LogP contribution in [-0.4, -0.2) is 21.6 Å². The van der Waals surface area contributed by atoms with Crippen molar-refractivity contribution < 1.29 is 9.50 Å². The molecule has 2 N–H and O–H groups in total. The molecule has 1 heterocycles. The number of fused-ring (bicyclic) bond motifs is 1. The molecule has 0 bridgehead atoms. The minimum Gasteiger partial charge on any atom is -0.386 e. The highest BCUT2D eigenvalue weighted by molar-refractivity contribution is 5.88. The lowest BCUT2D eigenvalue weighted by atomic mass is 10.1. The number of benzene rings is 2. The van der Waals surface area contributed by atoms with E-state index >= 15 is 0 Å². The maximum absolute atomic E-state index is 13.6. The highest BCUT2D eigenvalue weighted by atomic mass is 19.1. The summed E-state index contributed by atoms with van der Waals surface area (Å²) >= 11 is 0. The van der Waals surface area contributed by atoms with Gasteiger partial charge in [0, 0.05) is 17.5 Å². The first-order valence-electron chi connectivity index (χ1n) is 6.62. The Labute approximate surface area is 121 Å². The molecule has 4 nitrogen and oxygen atoms in total. The average Bonchev–Trinajstić information content (AvgIpc) is 2.53. The van der Waals surface area contributed by atoms with Crippen LogP contribution in [0.5, 0.6) is 0 Å². The number of halogens is 1. The minimum absolute atomic E-state index is 0.169. The number of anilines is 1. The zero-order valence-corrected chi connectivity index (χ0v) is 11.2. The largest absolute Gasteiger partial charge is 0.386 e. The van der Waals surface area contributed by atoms with Crippen LogP contribution in [0.1, 0.15) is 11.7 Å². The summed E-state index contributed by atoms with van der Waals surface area (Å²) in [5, 5.41) is 14.0. The van der Waals surface area contributed by atoms with Gasteiger partial charge in [0.1, 0.15) is 18.0 Å². The molecule has 0 unspecified atom stereocenters. The molecule has 3 aromatic rings. The van der Waals surface area contributed by atoms with Crippen molar-refractivity contribution in [1.82, 2.24) is 9.97 Å². The average molecular weight is 283 g/mol. The monoisotopic (exact) mass is 283 g/mol. The summed E-state index contributed by atoms with van der Waals surface area (Å²) < 4.78 is 13.6. The van der Waals surface area contributed by atoms with Gasteiger partial charge in [-0.1, -0.05) is 30.3 Å². The lowest BCUT2D eigenvalue weighted by molar-refractivity contribution is 0.186. The van der Waals surface area contributed by atoms with E-state index in [1.807, 2.05) is 24.3 Å². The van der Waals surface area contributed by atoms with Crippen molar-refractivity contribution in [1.29, 1.82) is 0 Å². The summed E-state index contributed by atoms with van der Waals surface area (Å²) in [5.41, 5.74) is 1.08. The van der Waals surface area contributed by atoms with E-state index in [0.29, 0.717) is 5.82 Å². The zero-order valence-electron chi connectivity index (χ0n) is 11.2. The third kappa shape index (κ3) is 2.83. The lowest BCUT2D eigenvalue weighted by Gasteiger charge is -2.14. The van der Waals surface area contributed by atoms with Gasteiger partial charge in [-0.3, -0.25) is 0 Å². The SMILES string of the molecule is O[C@@H](CNc1ncnc2ccccc12)c1ccccc1F. The van der Waals surface area contributed by atoms with Gasteiger partial charge >= 0.3 is 0 Å². The van der Waals surface area contributed by atoms with Crippen molar-refractivity contribution in [2.24, 2.45) is 0 Å². The number of hydrogen-bond acceptors (Lipinski definition) is 4. The number of aromatic nitrogens is 2. The van der Waals surface area contributed by atoms with E-state index in [1.165, 1.54) is 12.4 Å². The summed E-state index contributed by atoms with van der Waals surface area (Å²) in [7, 11) is 0. The second kappa shape index (κ2) is 5.85. The molecule has 0 radical (unpaired) electrons. The van der Waals surface area contributed by atoms with Crippen molar-refractivity contribution in [3.05, 3.63) is 66.2 Å². The molecule has 1 atom stereocenters. The van der Waals surface area contributed by atoms with Crippen LogP contribution < -0.4 is 5.32 Å². The lowest BCUT2D eigenvalue weighted by Crippen LogP contribution is -2.14. The molecule has 0 saturated carbocycles. The predicted octanol–water partition coefficient (Wildman–Crippen LogP) is 2.91. The summed E-state index contributed by atoms with van der Waals surface area (Å²) in [4.78, 5) is 8.34. The number of aliphatic hydroxyl groups excluding tert-OH is 1. The Morgan fingerprint density at radius 1 is 1.05 bits per heavy atom. The molecule has 2 aromatic carbocycles. The van der Waals surface area contributed by atoms with Crippen LogP contribution in [-0.2, 0) is 0 Å². The molecule has 5 heteroatoms. The molecule has 21 heavy (non-hydrogen) atoms. The highest BCUT2D eigenvalue weighted by Crippen LogP contribution is 2.21. The van der Waals surface area contributed by atoms with Gasteiger partial charge in [0.2, 0.25) is 0 Å². The zero-order chi connectivity index (χ0) is 14.7. The van der Waals surface area contributed by atoms with Crippen molar-refractivity contribution in [3.8, 4) is 0 Å². The molecule has 0 aliphatic heterocycles. The molecule has 3 rings (SSSR count). The molecule has 0 spiro atoms. The highest BCUT2D eigenvalue weighted by Gasteiger charge is 2.12. The minimum atomic E-state index is -0.945. The molecule has 0 aliphatic carbocycles. The molecule has 0 aliphatic rings. The predicted molar refractivity (Wildman–Crippen MR) is 79.4 cm³/mol. The number of nitrogens with one attached hydrogen (secondary N) is 1. The fourth-order valence-corrected chi connectivity index (χ4v) is 2.19. The van der Waals surface area contributed by atoms with Crippen LogP contribution in [0.25, 0.3) is 10.9 Å². The Hall–Kier alpha value is -2.53. The maximum Gasteiger partial charge on any atom is 0.137 e. The molecular formula is C16H14FN3O. The second-order valence-electron chi connectivity index (χ2n) is 4.66. The van der Waals surface area contributed by atoms with Crippen molar-refractivity contribution in [2.75, 3.05) is 11.9 Å². The van der Waals surface area contributed by atoms with E-state index < -0.39 is 11.9 Å². The van der Waals surface area contributed by atoms with E-state index in [2.05, 4.69) is 15.3 Å². The number of hydrogen-bond donors (Lipinski definition) is 2. The number of nitrogens with zero attached hydrogens (tertiary/aromatic N) is 2. The smallest absolute Gasteiger partial charge is 0.137 e. The number of rotatable bonds is 4. The molecule has 0 amide bonds. The van der Waals surface area contributed by atoms with Crippen LogP contribution >= 0.6 is 0 Å². The van der Waals surface area contributed by atoms with Crippen LogP contribution in [0.3, 0.4) is 0 Å². The van der Waals surface area contributed by atoms with E-state index in [-0.39, 0.29) is 12.1 Å². The Balaban J connectivity index is 1.79. The van der Waals surface area contributed by atoms with E-state index in [9.17, 15) is 9.50 Å². The fourth-order valence-electron chi connectivity index (χ4n) is 2.19. The van der Waals surface area contributed by atoms with Crippen LogP contribution in [0, 0.1) is 5.82 Å². The summed E-state index contributed by atoms with van der Waals surface area (Å²) in [6.07, 6.45) is 0.514. The normalized spacial score (nSPS) is 12.3. The van der Waals surface area contributed by atoms with Crippen LogP contribution in [0.2, 0.25) is 0 Å². The molecule has 1 aromatic heterocycles. The summed E-state index contributed by atoms with van der Waals surface area (Å²) in [6, 6.07) is 13.8. The van der Waals surface area contributed by atoms with E-state index in [0.717, 1.165) is 10.9 Å². The van der Waals surface area contributed by atoms with Gasteiger partial charge < -0.3 is 10.4 Å². The first-order valence-corrected chi connectivity index (χ1v) is 6.62. The quantitative estimate of drug-likeness (QED) is 0.773. The summed E-state index contributed by atoms with van der Waals surface area (Å²) in [5.74, 6) is 0.204. The van der Waals surface area contributed by atoms with Gasteiger partial charge in [-0.15, -0.1) is 0 Å². The Kier molecular flexibility index (Phi) is 3.75. The first kappa shape index (κ1) is 13.5. The third-order valence-corrected chi connectivity index (χ3v) is 3.27. The summed E-state index contributed by atoms with van der Waals surface area (Å²) in [6.45, 7) is 0.169. The van der Waals surface area contributed by atoms with Gasteiger partial charge in [-0.05, 0) is 18.2 Å². The first-order chi connectivity index (χ1) is 10.3. The molecule has 0 saturated heterocycles. The molecule has 0 fully saturated rings. The number of aliphatic hydroxyl groups is 1. The van der Waals surface area contributed by atoms with Gasteiger partial charge in [0.25, 0.3) is 0 Å². The van der Waals surface area contributed by atoms with Crippen molar-refractivity contribution >= 4 is 16.7 Å². The Bertz CT molecular complexity index is 758. The van der Waals surface area contributed by atoms with Gasteiger partial charge in [0.05, 0.1) is 11.6 Å². The van der Waals surface area contributed by atoms with Crippen molar-refractivity contribution in [2.45, 2.75) is 6.10 Å². The van der Waals surface area contributed by atoms with E-state index in [4.69, 9.17) is 0 Å². The van der Waals surface area contributed by atoms with Gasteiger partial charge in [-0.25, -0.2) is 14.4 Å². The second-order valence-corrected chi connectivity index (χ2v) is 4.66. The maximum atomic E-state index is 13.6.